The maximum absolute atomic E-state index is 10.5. The van der Waals surface area contributed by atoms with Gasteiger partial charge in [-0.15, -0.1) is 0 Å². The lowest BCUT2D eigenvalue weighted by atomic mass is 10.2. The van der Waals surface area contributed by atoms with Crippen LogP contribution >= 0.6 is 23.5 Å². The first-order valence-corrected chi connectivity index (χ1v) is 7.96. The third kappa shape index (κ3) is 6.02. The van der Waals surface area contributed by atoms with Crippen molar-refractivity contribution in [1.82, 2.24) is 9.55 Å². The van der Waals surface area contributed by atoms with Crippen molar-refractivity contribution in [3.8, 4) is 0 Å². The van der Waals surface area contributed by atoms with Gasteiger partial charge in [0.05, 0.1) is 5.75 Å². The predicted octanol–water partition coefficient (Wildman–Crippen LogP) is 2.59. The summed E-state index contributed by atoms with van der Waals surface area (Å²) in [6, 6.07) is 0. The summed E-state index contributed by atoms with van der Waals surface area (Å²) in [6.45, 7) is 0.927. The Morgan fingerprint density at radius 3 is 3.00 bits per heavy atom. The van der Waals surface area contributed by atoms with Crippen LogP contribution < -0.4 is 0 Å². The van der Waals surface area contributed by atoms with Crippen molar-refractivity contribution in [3.05, 3.63) is 12.4 Å². The molecule has 17 heavy (non-hydrogen) atoms. The Labute approximate surface area is 110 Å². The summed E-state index contributed by atoms with van der Waals surface area (Å²) >= 11 is 3.15. The summed E-state index contributed by atoms with van der Waals surface area (Å²) in [7, 11) is 0. The topological polar surface area (TPSA) is 55.1 Å². The van der Waals surface area contributed by atoms with Crippen molar-refractivity contribution in [2.45, 2.75) is 31.0 Å². The molecule has 0 saturated carbocycles. The largest absolute Gasteiger partial charge is 0.481 e. The second-order valence-corrected chi connectivity index (χ2v) is 5.57. The van der Waals surface area contributed by atoms with Crippen LogP contribution in [-0.2, 0) is 11.3 Å². The fourth-order valence-corrected chi connectivity index (χ4v) is 2.64. The zero-order valence-electron chi connectivity index (χ0n) is 9.96. The molecular weight excluding hydrogens is 256 g/mol. The van der Waals surface area contributed by atoms with Crippen LogP contribution in [0.1, 0.15) is 19.3 Å². The van der Waals surface area contributed by atoms with Crippen molar-refractivity contribution in [2.24, 2.45) is 0 Å². The molecule has 1 N–H and O–H groups in total. The second kappa shape index (κ2) is 8.47. The van der Waals surface area contributed by atoms with E-state index in [9.17, 15) is 4.79 Å². The van der Waals surface area contributed by atoms with Crippen LogP contribution in [0.25, 0.3) is 0 Å². The number of hydrogen-bond acceptors (Lipinski definition) is 4. The lowest BCUT2D eigenvalue weighted by molar-refractivity contribution is -0.133. The van der Waals surface area contributed by atoms with Gasteiger partial charge in [0.25, 0.3) is 0 Å². The van der Waals surface area contributed by atoms with E-state index in [1.165, 1.54) is 30.4 Å². The van der Waals surface area contributed by atoms with Gasteiger partial charge in [-0.2, -0.15) is 11.8 Å². The average molecular weight is 274 g/mol. The number of aryl methyl sites for hydroxylation is 1. The van der Waals surface area contributed by atoms with Gasteiger partial charge in [0.1, 0.15) is 0 Å². The molecule has 1 aromatic rings. The number of aromatic nitrogens is 2. The zero-order valence-corrected chi connectivity index (χ0v) is 11.6. The molecule has 0 radical (unpaired) electrons. The average Bonchev–Trinajstić information content (AvgIpc) is 2.73. The normalized spacial score (nSPS) is 10.6. The minimum Gasteiger partial charge on any atom is -0.481 e. The third-order valence-electron chi connectivity index (χ3n) is 2.25. The highest BCUT2D eigenvalue weighted by molar-refractivity contribution is 7.99. The molecule has 0 amide bonds. The van der Waals surface area contributed by atoms with Crippen molar-refractivity contribution in [1.29, 1.82) is 0 Å². The summed E-state index contributed by atoms with van der Waals surface area (Å²) in [5.74, 6) is 0.484. The predicted molar refractivity (Wildman–Crippen MR) is 72.8 cm³/mol. The summed E-state index contributed by atoms with van der Waals surface area (Å²) in [4.78, 5) is 14.6. The van der Waals surface area contributed by atoms with E-state index in [2.05, 4.69) is 11.2 Å². The minimum absolute atomic E-state index is 0.0729. The van der Waals surface area contributed by atoms with Gasteiger partial charge in [-0.05, 0) is 24.9 Å². The van der Waals surface area contributed by atoms with Crippen molar-refractivity contribution >= 4 is 29.5 Å². The smallest absolute Gasteiger partial charge is 0.313 e. The van der Waals surface area contributed by atoms with Crippen LogP contribution in [0.3, 0.4) is 0 Å². The van der Waals surface area contributed by atoms with Gasteiger partial charge in [-0.3, -0.25) is 4.79 Å². The Hall–Kier alpha value is -0.620. The highest BCUT2D eigenvalue weighted by Gasteiger charge is 2.05. The van der Waals surface area contributed by atoms with E-state index in [0.717, 1.165) is 18.1 Å². The number of nitrogens with zero attached hydrogens (tertiary/aromatic N) is 2. The maximum atomic E-state index is 10.5. The highest BCUT2D eigenvalue weighted by Crippen LogP contribution is 2.16. The molecule has 0 spiro atoms. The molecule has 0 bridgehead atoms. The van der Waals surface area contributed by atoms with Crippen molar-refractivity contribution < 1.29 is 9.90 Å². The molecule has 6 heteroatoms. The first-order valence-electron chi connectivity index (χ1n) is 5.58. The molecule has 1 rings (SSSR count). The van der Waals surface area contributed by atoms with Crippen molar-refractivity contribution in [2.75, 3.05) is 17.8 Å². The van der Waals surface area contributed by atoms with Gasteiger partial charge in [-0.25, -0.2) is 4.98 Å². The number of hydrogen-bond donors (Lipinski definition) is 1. The Morgan fingerprint density at radius 1 is 1.47 bits per heavy atom. The summed E-state index contributed by atoms with van der Waals surface area (Å²) in [5.41, 5.74) is 0. The number of carboxylic acid groups (broad SMARTS) is 1. The molecule has 0 fully saturated rings. The minimum atomic E-state index is -0.801. The lowest BCUT2D eigenvalue weighted by Crippen LogP contribution is -2.03. The Balaban J connectivity index is 2.27. The van der Waals surface area contributed by atoms with Gasteiger partial charge in [0, 0.05) is 18.9 Å². The second-order valence-electron chi connectivity index (χ2n) is 3.64. The lowest BCUT2D eigenvalue weighted by Gasteiger charge is -2.06. The van der Waals surface area contributed by atoms with E-state index >= 15 is 0 Å². The SMILES string of the molecule is CSCCCCCn1ccnc1SCC(=O)O. The molecule has 1 heterocycles. The fourth-order valence-electron chi connectivity index (χ4n) is 1.44. The quantitative estimate of drug-likeness (QED) is 0.554. The van der Waals surface area contributed by atoms with Gasteiger partial charge in [0.2, 0.25) is 0 Å². The van der Waals surface area contributed by atoms with E-state index in [1.807, 2.05) is 22.5 Å². The summed E-state index contributed by atoms with van der Waals surface area (Å²) < 4.78 is 2.03. The molecule has 0 atom stereocenters. The molecule has 0 unspecified atom stereocenters. The van der Waals surface area contributed by atoms with Gasteiger partial charge < -0.3 is 9.67 Å². The molecule has 96 valence electrons. The molecule has 0 aliphatic heterocycles. The van der Waals surface area contributed by atoms with Crippen LogP contribution in [0.4, 0.5) is 0 Å². The number of carbonyl (C=O) groups is 1. The molecule has 4 nitrogen and oxygen atoms in total. The number of aliphatic carboxylic acids is 1. The highest BCUT2D eigenvalue weighted by atomic mass is 32.2. The first-order chi connectivity index (χ1) is 8.24. The van der Waals surface area contributed by atoms with E-state index in [-0.39, 0.29) is 5.75 Å². The Kier molecular flexibility index (Phi) is 7.19. The first kappa shape index (κ1) is 14.4. The van der Waals surface area contributed by atoms with Crippen LogP contribution in [-0.4, -0.2) is 38.4 Å². The Morgan fingerprint density at radius 2 is 2.29 bits per heavy atom. The van der Waals surface area contributed by atoms with E-state index in [4.69, 9.17) is 5.11 Å². The number of rotatable bonds is 9. The molecule has 1 aromatic heterocycles. The zero-order chi connectivity index (χ0) is 12.5. The monoisotopic (exact) mass is 274 g/mol. The molecule has 0 aliphatic carbocycles. The van der Waals surface area contributed by atoms with Gasteiger partial charge >= 0.3 is 5.97 Å². The van der Waals surface area contributed by atoms with E-state index in [0.29, 0.717) is 0 Å². The summed E-state index contributed by atoms with van der Waals surface area (Å²) in [6.07, 6.45) is 9.34. The third-order valence-corrected chi connectivity index (χ3v) is 3.94. The van der Waals surface area contributed by atoms with Crippen molar-refractivity contribution in [3.63, 3.8) is 0 Å². The number of thioether (sulfide) groups is 2. The summed E-state index contributed by atoms with van der Waals surface area (Å²) in [5, 5.41) is 9.42. The van der Waals surface area contributed by atoms with Crippen LogP contribution in [0, 0.1) is 0 Å². The van der Waals surface area contributed by atoms with E-state index < -0.39 is 5.97 Å². The van der Waals surface area contributed by atoms with Gasteiger partial charge in [0.15, 0.2) is 5.16 Å². The maximum Gasteiger partial charge on any atom is 0.313 e. The number of carboxylic acids is 1. The van der Waals surface area contributed by atoms with Gasteiger partial charge in [-0.1, -0.05) is 18.2 Å². The number of imidazole rings is 1. The number of unbranched alkanes of at least 4 members (excludes halogenated alkanes) is 2. The molecule has 0 saturated heterocycles. The van der Waals surface area contributed by atoms with Crippen LogP contribution in [0.15, 0.2) is 17.6 Å². The van der Waals surface area contributed by atoms with Crippen LogP contribution in [0.2, 0.25) is 0 Å². The van der Waals surface area contributed by atoms with Crippen LogP contribution in [0.5, 0.6) is 0 Å². The standard InChI is InChI=1S/C11H18N2O2S2/c1-16-8-4-2-3-6-13-7-5-12-11(13)17-9-10(14)15/h5,7H,2-4,6,8-9H2,1H3,(H,14,15). The fraction of sp³-hybridized carbons (Fsp3) is 0.636. The molecule has 0 aromatic carbocycles. The molecular formula is C11H18N2O2S2. The molecule has 0 aliphatic rings. The Bertz CT molecular complexity index is 342. The van der Waals surface area contributed by atoms with E-state index in [1.54, 1.807) is 6.20 Å².